The first-order valence-corrected chi connectivity index (χ1v) is 12.0. The van der Waals surface area contributed by atoms with Gasteiger partial charge in [-0.1, -0.05) is 54.2 Å². The Morgan fingerprint density at radius 1 is 1.09 bits per heavy atom. The predicted octanol–water partition coefficient (Wildman–Crippen LogP) is 5.10. The van der Waals surface area contributed by atoms with E-state index in [2.05, 4.69) is 5.32 Å². The zero-order valence-electron chi connectivity index (χ0n) is 18.8. The molecule has 0 spiro atoms. The number of nitrogens with one attached hydrogen (secondary N) is 1. The molecule has 0 aliphatic carbocycles. The van der Waals surface area contributed by atoms with Gasteiger partial charge in [0.25, 0.3) is 5.56 Å². The minimum atomic E-state index is -0.442. The number of rotatable bonds is 9. The Bertz CT molecular complexity index is 1340. The molecule has 0 aliphatic heterocycles. The number of fused-ring (bicyclic) bond motifs is 2. The van der Waals surface area contributed by atoms with Crippen molar-refractivity contribution in [2.24, 2.45) is 0 Å². The number of hydrogen-bond acceptors (Lipinski definition) is 5. The van der Waals surface area contributed by atoms with E-state index in [4.69, 9.17) is 9.72 Å². The van der Waals surface area contributed by atoms with Crippen LogP contribution in [-0.4, -0.2) is 33.9 Å². The van der Waals surface area contributed by atoms with E-state index in [-0.39, 0.29) is 11.5 Å². The van der Waals surface area contributed by atoms with Gasteiger partial charge in [-0.25, -0.2) is 4.98 Å². The van der Waals surface area contributed by atoms with Crippen molar-refractivity contribution in [1.29, 1.82) is 0 Å². The van der Waals surface area contributed by atoms with Crippen molar-refractivity contribution in [2.45, 2.75) is 37.2 Å². The Morgan fingerprint density at radius 2 is 1.85 bits per heavy atom. The van der Waals surface area contributed by atoms with Crippen LogP contribution in [0.2, 0.25) is 0 Å². The van der Waals surface area contributed by atoms with Crippen LogP contribution in [0.5, 0.6) is 0 Å². The topological polar surface area (TPSA) is 73.2 Å². The maximum Gasteiger partial charge on any atom is 0.262 e. The van der Waals surface area contributed by atoms with Crippen molar-refractivity contribution in [2.75, 3.05) is 18.5 Å². The van der Waals surface area contributed by atoms with Gasteiger partial charge in [0.2, 0.25) is 5.91 Å². The number of ether oxygens (including phenoxy) is 1. The highest BCUT2D eigenvalue weighted by molar-refractivity contribution is 8.00. The lowest BCUT2D eigenvalue weighted by atomic mass is 10.1. The molecule has 4 rings (SSSR count). The maximum absolute atomic E-state index is 13.1. The Balaban J connectivity index is 1.55. The summed E-state index contributed by atoms with van der Waals surface area (Å²) >= 11 is 1.29. The van der Waals surface area contributed by atoms with E-state index in [9.17, 15) is 9.59 Å². The number of nitrogens with zero attached hydrogens (tertiary/aromatic N) is 2. The number of anilines is 1. The summed E-state index contributed by atoms with van der Waals surface area (Å²) in [6.07, 6.45) is 0.693. The SMILES string of the molecule is CCOCCCn1c(SC(C)C(=O)Nc2ccc3ccccc3c2)nc2ccccc2c1=O. The van der Waals surface area contributed by atoms with Gasteiger partial charge in [-0.3, -0.25) is 14.2 Å². The lowest BCUT2D eigenvalue weighted by molar-refractivity contribution is -0.115. The number of aromatic nitrogens is 2. The number of para-hydroxylation sites is 1. The van der Waals surface area contributed by atoms with Crippen LogP contribution < -0.4 is 10.9 Å². The Kier molecular flexibility index (Phi) is 7.42. The summed E-state index contributed by atoms with van der Waals surface area (Å²) in [6, 6.07) is 21.2. The van der Waals surface area contributed by atoms with Crippen LogP contribution in [0, 0.1) is 0 Å². The molecule has 33 heavy (non-hydrogen) atoms. The van der Waals surface area contributed by atoms with Gasteiger partial charge in [-0.2, -0.15) is 0 Å². The molecular formula is C26H27N3O3S. The van der Waals surface area contributed by atoms with E-state index in [0.29, 0.717) is 42.2 Å². The normalized spacial score (nSPS) is 12.2. The Labute approximate surface area is 197 Å². The summed E-state index contributed by atoms with van der Waals surface area (Å²) in [5.41, 5.74) is 1.28. The van der Waals surface area contributed by atoms with Gasteiger partial charge in [0.05, 0.1) is 16.2 Å². The summed E-state index contributed by atoms with van der Waals surface area (Å²) in [5.74, 6) is -0.140. The number of benzene rings is 3. The van der Waals surface area contributed by atoms with E-state index in [1.54, 1.807) is 10.6 Å². The van der Waals surface area contributed by atoms with Crippen LogP contribution in [0.1, 0.15) is 20.3 Å². The standard InChI is InChI=1S/C26H27N3O3S/c1-3-32-16-8-15-29-25(31)22-11-6-7-12-23(22)28-26(29)33-18(2)24(30)27-21-14-13-19-9-4-5-10-20(19)17-21/h4-7,9-14,17-18H,3,8,15-16H2,1-2H3,(H,27,30). The first kappa shape index (κ1) is 23.0. The molecule has 1 unspecified atom stereocenters. The van der Waals surface area contributed by atoms with E-state index in [0.717, 1.165) is 16.5 Å². The second-order valence-electron chi connectivity index (χ2n) is 7.73. The molecule has 4 aromatic rings. The quantitative estimate of drug-likeness (QED) is 0.213. The molecule has 170 valence electrons. The molecule has 0 saturated carbocycles. The van der Waals surface area contributed by atoms with Crippen LogP contribution in [-0.2, 0) is 16.1 Å². The number of thioether (sulfide) groups is 1. The lowest BCUT2D eigenvalue weighted by Gasteiger charge is -2.16. The highest BCUT2D eigenvalue weighted by Crippen LogP contribution is 2.25. The van der Waals surface area contributed by atoms with Crippen molar-refractivity contribution in [1.82, 2.24) is 9.55 Å². The molecule has 7 heteroatoms. The van der Waals surface area contributed by atoms with E-state index in [1.165, 1.54) is 11.8 Å². The highest BCUT2D eigenvalue weighted by Gasteiger charge is 2.19. The summed E-state index contributed by atoms with van der Waals surface area (Å²) in [7, 11) is 0. The number of carbonyl (C=O) groups is 1. The number of hydrogen-bond donors (Lipinski definition) is 1. The van der Waals surface area contributed by atoms with Crippen LogP contribution in [0.15, 0.2) is 76.7 Å². The lowest BCUT2D eigenvalue weighted by Crippen LogP contribution is -2.27. The first-order chi connectivity index (χ1) is 16.1. The van der Waals surface area contributed by atoms with Crippen LogP contribution in [0.3, 0.4) is 0 Å². The van der Waals surface area contributed by atoms with Gasteiger partial charge in [0.1, 0.15) is 0 Å². The third-order valence-corrected chi connectivity index (χ3v) is 6.46. The fraction of sp³-hybridized carbons (Fsp3) is 0.269. The molecule has 0 saturated heterocycles. The molecular weight excluding hydrogens is 434 g/mol. The minimum Gasteiger partial charge on any atom is -0.382 e. The van der Waals surface area contributed by atoms with Gasteiger partial charge < -0.3 is 10.1 Å². The summed E-state index contributed by atoms with van der Waals surface area (Å²) in [4.78, 5) is 30.8. The third-order valence-electron chi connectivity index (χ3n) is 5.37. The second-order valence-corrected chi connectivity index (χ2v) is 9.04. The Hall–Kier alpha value is -3.16. The number of amides is 1. The van der Waals surface area contributed by atoms with Gasteiger partial charge in [-0.15, -0.1) is 0 Å². The molecule has 1 amide bonds. The van der Waals surface area contributed by atoms with Gasteiger partial charge in [0, 0.05) is 25.4 Å². The average molecular weight is 462 g/mol. The third kappa shape index (κ3) is 5.43. The predicted molar refractivity (Wildman–Crippen MR) is 135 cm³/mol. The molecule has 3 aromatic carbocycles. The van der Waals surface area contributed by atoms with Gasteiger partial charge >= 0.3 is 0 Å². The first-order valence-electron chi connectivity index (χ1n) is 11.1. The molecule has 0 radical (unpaired) electrons. The molecule has 1 atom stereocenters. The molecule has 1 aromatic heterocycles. The van der Waals surface area contributed by atoms with Crippen molar-refractivity contribution in [3.8, 4) is 0 Å². The molecule has 0 bridgehead atoms. The summed E-state index contributed by atoms with van der Waals surface area (Å²) < 4.78 is 7.09. The Morgan fingerprint density at radius 3 is 2.67 bits per heavy atom. The van der Waals surface area contributed by atoms with Crippen LogP contribution >= 0.6 is 11.8 Å². The maximum atomic E-state index is 13.1. The van der Waals surface area contributed by atoms with E-state index in [1.807, 2.05) is 74.5 Å². The summed E-state index contributed by atoms with van der Waals surface area (Å²) in [5, 5.41) is 5.85. The molecule has 0 aliphatic rings. The summed E-state index contributed by atoms with van der Waals surface area (Å²) in [6.45, 7) is 5.46. The molecule has 6 nitrogen and oxygen atoms in total. The van der Waals surface area contributed by atoms with Gasteiger partial charge in [0.15, 0.2) is 5.16 Å². The van der Waals surface area contributed by atoms with Crippen molar-refractivity contribution in [3.63, 3.8) is 0 Å². The van der Waals surface area contributed by atoms with Crippen molar-refractivity contribution >= 4 is 45.0 Å². The molecule has 1 heterocycles. The number of carbonyl (C=O) groups excluding carboxylic acids is 1. The van der Waals surface area contributed by atoms with Crippen molar-refractivity contribution in [3.05, 3.63) is 77.1 Å². The zero-order valence-corrected chi connectivity index (χ0v) is 19.6. The fourth-order valence-electron chi connectivity index (χ4n) is 3.63. The monoisotopic (exact) mass is 461 g/mol. The zero-order chi connectivity index (χ0) is 23.2. The fourth-order valence-corrected chi connectivity index (χ4v) is 4.56. The smallest absolute Gasteiger partial charge is 0.262 e. The van der Waals surface area contributed by atoms with Crippen molar-refractivity contribution < 1.29 is 9.53 Å². The largest absolute Gasteiger partial charge is 0.382 e. The molecule has 1 N–H and O–H groups in total. The van der Waals surface area contributed by atoms with Crippen LogP contribution in [0.25, 0.3) is 21.7 Å². The average Bonchev–Trinajstić information content (AvgIpc) is 2.83. The van der Waals surface area contributed by atoms with Gasteiger partial charge in [-0.05, 0) is 55.3 Å². The minimum absolute atomic E-state index is 0.0956. The van der Waals surface area contributed by atoms with E-state index < -0.39 is 5.25 Å². The van der Waals surface area contributed by atoms with Crippen LogP contribution in [0.4, 0.5) is 5.69 Å². The van der Waals surface area contributed by atoms with E-state index >= 15 is 0 Å². The molecule has 0 fully saturated rings. The highest BCUT2D eigenvalue weighted by atomic mass is 32.2. The second kappa shape index (κ2) is 10.6.